The summed E-state index contributed by atoms with van der Waals surface area (Å²) >= 11 is 0. The van der Waals surface area contributed by atoms with Crippen molar-refractivity contribution in [3.63, 3.8) is 0 Å². The van der Waals surface area contributed by atoms with E-state index in [2.05, 4.69) is 22.4 Å². The molecule has 0 fully saturated rings. The van der Waals surface area contributed by atoms with Crippen LogP contribution in [0.4, 0.5) is 5.69 Å². The number of hydrogen-bond acceptors (Lipinski definition) is 3. The molecular formula is C21H21N3O2. The fourth-order valence-electron chi connectivity index (χ4n) is 3.68. The molecule has 132 valence electrons. The molecule has 0 saturated heterocycles. The van der Waals surface area contributed by atoms with Crippen LogP contribution >= 0.6 is 0 Å². The van der Waals surface area contributed by atoms with Crippen LogP contribution < -0.4 is 10.9 Å². The molecule has 0 unspecified atom stereocenters. The summed E-state index contributed by atoms with van der Waals surface area (Å²) in [6.45, 7) is 4.19. The fourth-order valence-corrected chi connectivity index (χ4v) is 3.68. The summed E-state index contributed by atoms with van der Waals surface area (Å²) in [6.07, 6.45) is 3.38. The van der Waals surface area contributed by atoms with Crippen LogP contribution in [-0.4, -0.2) is 15.5 Å². The number of anilines is 1. The van der Waals surface area contributed by atoms with Crippen molar-refractivity contribution in [2.75, 3.05) is 5.32 Å². The Hall–Kier alpha value is -2.95. The van der Waals surface area contributed by atoms with Crippen LogP contribution in [0.2, 0.25) is 0 Å². The molecule has 26 heavy (non-hydrogen) atoms. The molecule has 0 bridgehead atoms. The first-order valence-electron chi connectivity index (χ1n) is 9.01. The number of hydrogen-bond donors (Lipinski definition) is 1. The summed E-state index contributed by atoms with van der Waals surface area (Å²) in [5.41, 5.74) is 5.81. The number of nitrogens with one attached hydrogen (secondary N) is 1. The fraction of sp³-hybridized carbons (Fsp3) is 0.286. The summed E-state index contributed by atoms with van der Waals surface area (Å²) in [4.78, 5) is 29.2. The van der Waals surface area contributed by atoms with Gasteiger partial charge in [-0.15, -0.1) is 0 Å². The number of aromatic nitrogens is 2. The van der Waals surface area contributed by atoms with Crippen LogP contribution in [0.1, 0.15) is 40.5 Å². The maximum atomic E-state index is 12.7. The van der Waals surface area contributed by atoms with Crippen molar-refractivity contribution < 1.29 is 4.79 Å². The first-order chi connectivity index (χ1) is 12.6. The van der Waals surface area contributed by atoms with Crippen molar-refractivity contribution in [3.8, 4) is 0 Å². The highest BCUT2D eigenvalue weighted by molar-refractivity contribution is 6.06. The summed E-state index contributed by atoms with van der Waals surface area (Å²) in [6, 6.07) is 11.4. The summed E-state index contributed by atoms with van der Waals surface area (Å²) in [5.74, 6) is -0.168. The second-order valence-corrected chi connectivity index (χ2v) is 6.74. The Morgan fingerprint density at radius 3 is 2.77 bits per heavy atom. The molecule has 0 aliphatic heterocycles. The molecule has 0 spiro atoms. The van der Waals surface area contributed by atoms with Gasteiger partial charge in [-0.25, -0.2) is 4.98 Å². The molecule has 3 aromatic rings. The molecule has 4 rings (SSSR count). The summed E-state index contributed by atoms with van der Waals surface area (Å²) < 4.78 is 1.68. The van der Waals surface area contributed by atoms with Gasteiger partial charge in [0.2, 0.25) is 0 Å². The van der Waals surface area contributed by atoms with Gasteiger partial charge < -0.3 is 9.88 Å². The number of aryl methyl sites for hydroxylation is 4. The minimum Gasteiger partial charge on any atom is -0.322 e. The standard InChI is InChI=1S/C21H21N3O2/c1-3-24-19-10-8-16(12-18(19)22-13(2)21(24)26)20(25)23-17-9-7-14-5-4-6-15(14)11-17/h7-12H,3-6H2,1-2H3,(H,23,25). The van der Waals surface area contributed by atoms with Gasteiger partial charge >= 0.3 is 0 Å². The molecule has 1 N–H and O–H groups in total. The molecule has 0 saturated carbocycles. The molecule has 1 heterocycles. The summed E-state index contributed by atoms with van der Waals surface area (Å²) in [5, 5.41) is 2.97. The molecule has 2 aromatic carbocycles. The smallest absolute Gasteiger partial charge is 0.272 e. The third kappa shape index (κ3) is 2.79. The number of fused-ring (bicyclic) bond motifs is 2. The minimum atomic E-state index is -0.168. The van der Waals surface area contributed by atoms with Crippen LogP contribution in [0.15, 0.2) is 41.2 Å². The highest BCUT2D eigenvalue weighted by Gasteiger charge is 2.14. The molecule has 0 atom stereocenters. The average Bonchev–Trinajstić information content (AvgIpc) is 3.10. The number of amides is 1. The van der Waals surface area contributed by atoms with E-state index in [0.29, 0.717) is 23.3 Å². The second kappa shape index (κ2) is 6.41. The predicted octanol–water partition coefficient (Wildman–Crippen LogP) is 3.47. The average molecular weight is 347 g/mol. The Labute approximate surface area is 151 Å². The molecule has 1 aliphatic carbocycles. The predicted molar refractivity (Wildman–Crippen MR) is 103 cm³/mol. The number of carbonyl (C=O) groups is 1. The molecule has 0 radical (unpaired) electrons. The first kappa shape index (κ1) is 16.5. The Morgan fingerprint density at radius 2 is 1.96 bits per heavy atom. The quantitative estimate of drug-likeness (QED) is 0.789. The van der Waals surface area contributed by atoms with Crippen LogP contribution in [-0.2, 0) is 19.4 Å². The van der Waals surface area contributed by atoms with Gasteiger partial charge in [0.05, 0.1) is 11.0 Å². The van der Waals surface area contributed by atoms with E-state index in [1.807, 2.05) is 13.0 Å². The summed E-state index contributed by atoms with van der Waals surface area (Å²) in [7, 11) is 0. The van der Waals surface area contributed by atoms with Crippen molar-refractivity contribution in [1.82, 2.24) is 9.55 Å². The topological polar surface area (TPSA) is 64.0 Å². The zero-order chi connectivity index (χ0) is 18.3. The van der Waals surface area contributed by atoms with Gasteiger partial charge in [0.25, 0.3) is 11.5 Å². The number of rotatable bonds is 3. The molecule has 1 aliphatic rings. The second-order valence-electron chi connectivity index (χ2n) is 6.74. The number of benzene rings is 2. The van der Waals surface area contributed by atoms with Crippen molar-refractivity contribution in [1.29, 1.82) is 0 Å². The zero-order valence-electron chi connectivity index (χ0n) is 15.0. The lowest BCUT2D eigenvalue weighted by Gasteiger charge is -2.11. The molecule has 5 heteroatoms. The molecule has 5 nitrogen and oxygen atoms in total. The zero-order valence-corrected chi connectivity index (χ0v) is 15.0. The van der Waals surface area contributed by atoms with Crippen molar-refractivity contribution in [2.45, 2.75) is 39.7 Å². The molecule has 1 aromatic heterocycles. The van der Waals surface area contributed by atoms with Crippen molar-refractivity contribution >= 4 is 22.6 Å². The van der Waals surface area contributed by atoms with E-state index in [1.54, 1.807) is 29.7 Å². The highest BCUT2D eigenvalue weighted by atomic mass is 16.1. The van der Waals surface area contributed by atoms with Gasteiger partial charge in [0, 0.05) is 17.8 Å². The lowest BCUT2D eigenvalue weighted by atomic mass is 10.1. The van der Waals surface area contributed by atoms with Gasteiger partial charge in [-0.05, 0) is 74.6 Å². The van der Waals surface area contributed by atoms with Crippen LogP contribution in [0, 0.1) is 6.92 Å². The van der Waals surface area contributed by atoms with Gasteiger partial charge in [-0.2, -0.15) is 0 Å². The van der Waals surface area contributed by atoms with Gasteiger partial charge in [-0.3, -0.25) is 9.59 Å². The Kier molecular flexibility index (Phi) is 4.07. The normalized spacial score (nSPS) is 13.0. The Morgan fingerprint density at radius 1 is 1.15 bits per heavy atom. The Bertz CT molecular complexity index is 1080. The SMILES string of the molecule is CCn1c(=O)c(C)nc2cc(C(=O)Nc3ccc4c(c3)CCC4)ccc21. The van der Waals surface area contributed by atoms with Gasteiger partial charge in [0.1, 0.15) is 5.69 Å². The molecular weight excluding hydrogens is 326 g/mol. The minimum absolute atomic E-state index is 0.0876. The van der Waals surface area contributed by atoms with Gasteiger partial charge in [0.15, 0.2) is 0 Å². The van der Waals surface area contributed by atoms with Crippen LogP contribution in [0.25, 0.3) is 11.0 Å². The van der Waals surface area contributed by atoms with E-state index >= 15 is 0 Å². The third-order valence-electron chi connectivity index (χ3n) is 5.04. The van der Waals surface area contributed by atoms with E-state index in [0.717, 1.165) is 24.0 Å². The number of nitrogens with zero attached hydrogens (tertiary/aromatic N) is 2. The van der Waals surface area contributed by atoms with Gasteiger partial charge in [-0.1, -0.05) is 6.07 Å². The van der Waals surface area contributed by atoms with E-state index < -0.39 is 0 Å². The lowest BCUT2D eigenvalue weighted by molar-refractivity contribution is 0.102. The van der Waals surface area contributed by atoms with E-state index in [-0.39, 0.29) is 11.5 Å². The molecule has 1 amide bonds. The van der Waals surface area contributed by atoms with E-state index in [1.165, 1.54) is 17.5 Å². The van der Waals surface area contributed by atoms with E-state index in [4.69, 9.17) is 0 Å². The first-order valence-corrected chi connectivity index (χ1v) is 9.01. The van der Waals surface area contributed by atoms with Crippen molar-refractivity contribution in [2.24, 2.45) is 0 Å². The van der Waals surface area contributed by atoms with Crippen LogP contribution in [0.3, 0.4) is 0 Å². The maximum absolute atomic E-state index is 12.7. The van der Waals surface area contributed by atoms with E-state index in [9.17, 15) is 9.59 Å². The monoisotopic (exact) mass is 347 g/mol. The third-order valence-corrected chi connectivity index (χ3v) is 5.04. The lowest BCUT2D eigenvalue weighted by Crippen LogP contribution is -2.23. The Balaban J connectivity index is 1.67. The highest BCUT2D eigenvalue weighted by Crippen LogP contribution is 2.25. The maximum Gasteiger partial charge on any atom is 0.272 e. The van der Waals surface area contributed by atoms with Crippen LogP contribution in [0.5, 0.6) is 0 Å². The van der Waals surface area contributed by atoms with Crippen molar-refractivity contribution in [3.05, 3.63) is 69.1 Å². The largest absolute Gasteiger partial charge is 0.322 e. The number of carbonyl (C=O) groups excluding carboxylic acids is 1.